The highest BCUT2D eigenvalue weighted by molar-refractivity contribution is 5.89. The van der Waals surface area contributed by atoms with Crippen molar-refractivity contribution in [3.8, 4) is 0 Å². The van der Waals surface area contributed by atoms with Crippen LogP contribution in [0.2, 0.25) is 0 Å². The summed E-state index contributed by atoms with van der Waals surface area (Å²) in [5, 5.41) is 8.64. The van der Waals surface area contributed by atoms with Crippen LogP contribution in [0.4, 0.5) is 0 Å². The minimum Gasteiger partial charge on any atom is -0.478 e. The second kappa shape index (κ2) is 6.39. The molecule has 0 radical (unpaired) electrons. The Kier molecular flexibility index (Phi) is 4.86. The highest BCUT2D eigenvalue weighted by Crippen LogP contribution is 2.01. The van der Waals surface area contributed by atoms with Gasteiger partial charge in [0.25, 0.3) is 0 Å². The molecule has 0 amide bonds. The van der Waals surface area contributed by atoms with Crippen LogP contribution in [0.5, 0.6) is 0 Å². The maximum Gasteiger partial charge on any atom is 0.335 e. The van der Waals surface area contributed by atoms with E-state index < -0.39 is 11.9 Å². The Balaban J connectivity index is 2.53. The number of esters is 1. The predicted molar refractivity (Wildman–Crippen MR) is 63.5 cm³/mol. The molecule has 0 saturated heterocycles. The van der Waals surface area contributed by atoms with Gasteiger partial charge in [0.2, 0.25) is 0 Å². The Morgan fingerprint density at radius 3 is 2.56 bits per heavy atom. The van der Waals surface area contributed by atoms with E-state index in [2.05, 4.69) is 4.98 Å². The number of hydrogen-bond acceptors (Lipinski definition) is 4. The molecular weight excluding hydrogens is 236 g/mol. The predicted octanol–water partition coefficient (Wildman–Crippen LogP) is 1.36. The normalized spacial score (nSPS) is 12.3. The van der Waals surface area contributed by atoms with Gasteiger partial charge in [-0.2, -0.15) is 0 Å². The molecule has 0 spiro atoms. The van der Waals surface area contributed by atoms with Crippen molar-refractivity contribution in [2.75, 3.05) is 0 Å². The molecule has 6 heteroatoms. The van der Waals surface area contributed by atoms with Crippen LogP contribution in [0.1, 0.15) is 13.8 Å². The van der Waals surface area contributed by atoms with E-state index in [4.69, 9.17) is 9.84 Å². The Hall–Kier alpha value is -2.37. The van der Waals surface area contributed by atoms with Gasteiger partial charge in [-0.3, -0.25) is 0 Å². The van der Waals surface area contributed by atoms with Gasteiger partial charge < -0.3 is 14.4 Å². The Morgan fingerprint density at radius 1 is 1.33 bits per heavy atom. The zero-order chi connectivity index (χ0) is 13.5. The lowest BCUT2D eigenvalue weighted by Crippen LogP contribution is -2.09. The van der Waals surface area contributed by atoms with Gasteiger partial charge in [0.1, 0.15) is 0 Å². The van der Waals surface area contributed by atoms with Gasteiger partial charge in [-0.15, -0.1) is 0 Å². The summed E-state index contributed by atoms with van der Waals surface area (Å²) in [5.41, 5.74) is 0.479. The summed E-state index contributed by atoms with van der Waals surface area (Å²) < 4.78 is 6.58. The van der Waals surface area contributed by atoms with Gasteiger partial charge in [0.15, 0.2) is 6.73 Å². The number of carbonyl (C=O) groups is 2. The number of allylic oxidation sites excluding steroid dienone is 2. The summed E-state index contributed by atoms with van der Waals surface area (Å²) in [6.07, 6.45) is 7.55. The van der Waals surface area contributed by atoms with E-state index in [-0.39, 0.29) is 12.3 Å². The summed E-state index contributed by atoms with van der Waals surface area (Å²) in [6.45, 7) is 3.08. The average Bonchev–Trinajstić information content (AvgIpc) is 2.85. The maximum atomic E-state index is 11.5. The third-order valence-electron chi connectivity index (χ3n) is 2.15. The van der Waals surface area contributed by atoms with E-state index in [0.717, 1.165) is 0 Å². The maximum absolute atomic E-state index is 11.5. The first-order valence-corrected chi connectivity index (χ1v) is 5.22. The van der Waals surface area contributed by atoms with Crippen LogP contribution in [0.3, 0.4) is 0 Å². The number of ether oxygens (including phenoxy) is 1. The summed E-state index contributed by atoms with van der Waals surface area (Å²) >= 11 is 0. The van der Waals surface area contributed by atoms with Gasteiger partial charge in [-0.1, -0.05) is 12.2 Å². The molecule has 0 saturated carbocycles. The van der Waals surface area contributed by atoms with Crippen molar-refractivity contribution >= 4 is 11.9 Å². The fourth-order valence-electron chi connectivity index (χ4n) is 0.999. The molecule has 0 aliphatic rings. The quantitative estimate of drug-likeness (QED) is 0.484. The van der Waals surface area contributed by atoms with Crippen LogP contribution in [-0.2, 0) is 21.1 Å². The summed E-state index contributed by atoms with van der Waals surface area (Å²) in [6, 6.07) is 0. The number of nitrogens with zero attached hydrogens (tertiary/aromatic N) is 2. The van der Waals surface area contributed by atoms with Crippen LogP contribution >= 0.6 is 0 Å². The molecule has 0 aliphatic heterocycles. The highest BCUT2D eigenvalue weighted by Gasteiger charge is 2.05. The van der Waals surface area contributed by atoms with E-state index in [1.54, 1.807) is 23.9 Å². The lowest BCUT2D eigenvalue weighted by atomic mass is 10.2. The molecule has 96 valence electrons. The minimum absolute atomic E-state index is 0.0750. The second-order valence-electron chi connectivity index (χ2n) is 3.64. The lowest BCUT2D eigenvalue weighted by Gasteiger charge is -2.04. The zero-order valence-electron chi connectivity index (χ0n) is 10.2. The van der Waals surface area contributed by atoms with E-state index >= 15 is 0 Å². The van der Waals surface area contributed by atoms with Gasteiger partial charge in [0, 0.05) is 23.5 Å². The molecule has 6 nitrogen and oxygen atoms in total. The number of imidazole rings is 1. The molecule has 0 unspecified atom stereocenters. The van der Waals surface area contributed by atoms with E-state index in [0.29, 0.717) is 5.57 Å². The number of aromatic nitrogens is 2. The molecule has 0 bridgehead atoms. The van der Waals surface area contributed by atoms with E-state index in [1.807, 2.05) is 0 Å². The number of carbonyl (C=O) groups excluding carboxylic acids is 1. The SMILES string of the molecule is CC(=CC=C(C)C(=O)OCn1ccnc1)C(=O)O. The molecule has 0 atom stereocenters. The van der Waals surface area contributed by atoms with Crippen LogP contribution in [0.15, 0.2) is 42.0 Å². The fraction of sp³-hybridized carbons (Fsp3) is 0.250. The van der Waals surface area contributed by atoms with Crippen molar-refractivity contribution < 1.29 is 19.4 Å². The number of hydrogen-bond donors (Lipinski definition) is 1. The molecule has 1 rings (SSSR count). The van der Waals surface area contributed by atoms with Crippen LogP contribution in [0, 0.1) is 0 Å². The standard InChI is InChI=1S/C12H14N2O4/c1-9(11(15)16)3-4-10(2)12(17)18-8-14-6-5-13-7-14/h3-7H,8H2,1-2H3,(H,15,16). The van der Waals surface area contributed by atoms with Crippen molar-refractivity contribution in [2.24, 2.45) is 0 Å². The molecule has 1 aromatic rings. The molecule has 0 aromatic carbocycles. The molecular formula is C12H14N2O4. The molecule has 1 heterocycles. The summed E-state index contributed by atoms with van der Waals surface area (Å²) in [4.78, 5) is 25.9. The largest absolute Gasteiger partial charge is 0.478 e. The Labute approximate surface area is 104 Å². The van der Waals surface area contributed by atoms with Crippen molar-refractivity contribution in [1.82, 2.24) is 9.55 Å². The smallest absolute Gasteiger partial charge is 0.335 e. The number of rotatable bonds is 5. The monoisotopic (exact) mass is 250 g/mol. The fourth-order valence-corrected chi connectivity index (χ4v) is 0.999. The Bertz CT molecular complexity index is 486. The highest BCUT2D eigenvalue weighted by atomic mass is 16.5. The Morgan fingerprint density at radius 2 is 2.00 bits per heavy atom. The molecule has 18 heavy (non-hydrogen) atoms. The van der Waals surface area contributed by atoms with Crippen LogP contribution in [0.25, 0.3) is 0 Å². The van der Waals surface area contributed by atoms with Crippen molar-refractivity contribution in [3.63, 3.8) is 0 Å². The van der Waals surface area contributed by atoms with Crippen molar-refractivity contribution in [3.05, 3.63) is 42.0 Å². The van der Waals surface area contributed by atoms with Gasteiger partial charge in [-0.05, 0) is 13.8 Å². The van der Waals surface area contributed by atoms with Crippen LogP contribution in [-0.4, -0.2) is 26.6 Å². The number of carboxylic acids is 1. The van der Waals surface area contributed by atoms with Gasteiger partial charge in [-0.25, -0.2) is 14.6 Å². The summed E-state index contributed by atoms with van der Waals surface area (Å²) in [7, 11) is 0. The molecule has 0 aliphatic carbocycles. The van der Waals surface area contributed by atoms with Crippen molar-refractivity contribution in [2.45, 2.75) is 20.6 Å². The summed E-state index contributed by atoms with van der Waals surface area (Å²) in [5.74, 6) is -1.52. The second-order valence-corrected chi connectivity index (χ2v) is 3.64. The minimum atomic E-state index is -1.02. The average molecular weight is 250 g/mol. The number of aliphatic carboxylic acids is 1. The lowest BCUT2D eigenvalue weighted by molar-refractivity contribution is -0.142. The first kappa shape index (κ1) is 13.7. The third kappa shape index (κ3) is 4.25. The molecule has 1 aromatic heterocycles. The zero-order valence-corrected chi connectivity index (χ0v) is 10.2. The van der Waals surface area contributed by atoms with E-state index in [9.17, 15) is 9.59 Å². The first-order chi connectivity index (χ1) is 8.50. The van der Waals surface area contributed by atoms with Crippen molar-refractivity contribution in [1.29, 1.82) is 0 Å². The molecule has 1 N–H and O–H groups in total. The first-order valence-electron chi connectivity index (χ1n) is 5.22. The van der Waals surface area contributed by atoms with Crippen LogP contribution < -0.4 is 0 Å². The molecule has 0 fully saturated rings. The topological polar surface area (TPSA) is 81.4 Å². The van der Waals surface area contributed by atoms with Gasteiger partial charge in [0.05, 0.1) is 6.33 Å². The third-order valence-corrected chi connectivity index (χ3v) is 2.15. The van der Waals surface area contributed by atoms with E-state index in [1.165, 1.54) is 25.4 Å². The number of carboxylic acid groups (broad SMARTS) is 1. The van der Waals surface area contributed by atoms with Gasteiger partial charge >= 0.3 is 11.9 Å².